The van der Waals surface area contributed by atoms with Crippen molar-refractivity contribution in [3.05, 3.63) is 11.6 Å². The van der Waals surface area contributed by atoms with Crippen molar-refractivity contribution in [3.8, 4) is 0 Å². The van der Waals surface area contributed by atoms with E-state index in [2.05, 4.69) is 6.08 Å². The van der Waals surface area contributed by atoms with Crippen LogP contribution in [0.5, 0.6) is 0 Å². The van der Waals surface area contributed by atoms with Crippen molar-refractivity contribution < 1.29 is 4.79 Å². The quantitative estimate of drug-likeness (QED) is 0.593. The summed E-state index contributed by atoms with van der Waals surface area (Å²) in [6.45, 7) is 0. The van der Waals surface area contributed by atoms with Gasteiger partial charge in [-0.2, -0.15) is 0 Å². The molecule has 2 saturated carbocycles. The summed E-state index contributed by atoms with van der Waals surface area (Å²) in [6.07, 6.45) is 11.9. The van der Waals surface area contributed by atoms with Crippen LogP contribution in [0.4, 0.5) is 0 Å². The zero-order valence-electron chi connectivity index (χ0n) is 8.22. The molecule has 0 unspecified atom stereocenters. The minimum Gasteiger partial charge on any atom is -0.295 e. The maximum absolute atomic E-state index is 11.3. The molecule has 0 bridgehead atoms. The van der Waals surface area contributed by atoms with Gasteiger partial charge in [0.1, 0.15) is 0 Å². The van der Waals surface area contributed by atoms with Crippen LogP contribution in [0.3, 0.4) is 0 Å². The van der Waals surface area contributed by atoms with E-state index in [1.807, 2.05) is 0 Å². The van der Waals surface area contributed by atoms with Crippen molar-refractivity contribution in [2.24, 2.45) is 5.92 Å². The predicted molar refractivity (Wildman–Crippen MR) is 53.5 cm³/mol. The van der Waals surface area contributed by atoms with Crippen molar-refractivity contribution in [1.82, 2.24) is 0 Å². The molecule has 0 aromatic rings. The molecule has 2 rings (SSSR count). The Morgan fingerprint density at radius 3 is 2.54 bits per heavy atom. The molecule has 0 radical (unpaired) electrons. The summed E-state index contributed by atoms with van der Waals surface area (Å²) in [7, 11) is 0. The molecule has 0 N–H and O–H groups in total. The summed E-state index contributed by atoms with van der Waals surface area (Å²) in [5.74, 6) is 1.30. The molecular formula is C12H18O. The minimum atomic E-state index is 0.415. The lowest BCUT2D eigenvalue weighted by Crippen LogP contribution is -1.95. The number of rotatable bonds is 2. The van der Waals surface area contributed by atoms with Crippen LogP contribution in [0.15, 0.2) is 11.6 Å². The zero-order valence-corrected chi connectivity index (χ0v) is 8.22. The maximum Gasteiger partial charge on any atom is 0.158 e. The maximum atomic E-state index is 11.3. The zero-order chi connectivity index (χ0) is 9.10. The largest absolute Gasteiger partial charge is 0.295 e. The number of ketones is 1. The first-order valence-electron chi connectivity index (χ1n) is 5.58. The second kappa shape index (κ2) is 4.08. The molecule has 0 aromatic heterocycles. The van der Waals surface area contributed by atoms with Gasteiger partial charge in [-0.15, -0.1) is 0 Å². The molecule has 0 saturated heterocycles. The van der Waals surface area contributed by atoms with Crippen LogP contribution in [-0.4, -0.2) is 5.78 Å². The van der Waals surface area contributed by atoms with Gasteiger partial charge in [0.15, 0.2) is 5.78 Å². The summed E-state index contributed by atoms with van der Waals surface area (Å²) in [4.78, 5) is 11.3. The molecular weight excluding hydrogens is 160 g/mol. The molecule has 2 fully saturated rings. The van der Waals surface area contributed by atoms with Gasteiger partial charge in [-0.25, -0.2) is 0 Å². The smallest absolute Gasteiger partial charge is 0.158 e. The third kappa shape index (κ3) is 2.20. The minimum absolute atomic E-state index is 0.415. The molecule has 13 heavy (non-hydrogen) atoms. The Morgan fingerprint density at radius 2 is 1.92 bits per heavy atom. The highest BCUT2D eigenvalue weighted by molar-refractivity contribution is 5.97. The summed E-state index contributed by atoms with van der Waals surface area (Å²) < 4.78 is 0. The fourth-order valence-corrected chi connectivity index (χ4v) is 2.51. The van der Waals surface area contributed by atoms with Crippen LogP contribution >= 0.6 is 0 Å². The van der Waals surface area contributed by atoms with Gasteiger partial charge in [0, 0.05) is 6.42 Å². The van der Waals surface area contributed by atoms with Crippen LogP contribution in [0, 0.1) is 5.92 Å². The Morgan fingerprint density at radius 1 is 1.15 bits per heavy atom. The molecule has 0 spiro atoms. The first-order valence-corrected chi connectivity index (χ1v) is 5.58. The van der Waals surface area contributed by atoms with Crippen LogP contribution in [0.2, 0.25) is 0 Å². The van der Waals surface area contributed by atoms with E-state index in [-0.39, 0.29) is 0 Å². The Kier molecular flexibility index (Phi) is 2.82. The Balaban J connectivity index is 1.85. The van der Waals surface area contributed by atoms with E-state index >= 15 is 0 Å². The Labute approximate surface area is 80.2 Å². The van der Waals surface area contributed by atoms with E-state index in [4.69, 9.17) is 0 Å². The van der Waals surface area contributed by atoms with Crippen molar-refractivity contribution in [1.29, 1.82) is 0 Å². The van der Waals surface area contributed by atoms with Crippen molar-refractivity contribution in [2.45, 2.75) is 51.4 Å². The average molecular weight is 178 g/mol. The SMILES string of the molecule is O=C1CCC/C1=C\CC1CCCC1. The Bertz CT molecular complexity index is 221. The van der Waals surface area contributed by atoms with E-state index < -0.39 is 0 Å². The molecule has 72 valence electrons. The highest BCUT2D eigenvalue weighted by Gasteiger charge is 2.18. The van der Waals surface area contributed by atoms with Crippen LogP contribution in [0.1, 0.15) is 51.4 Å². The van der Waals surface area contributed by atoms with E-state index in [1.54, 1.807) is 0 Å². The lowest BCUT2D eigenvalue weighted by molar-refractivity contribution is -0.114. The lowest BCUT2D eigenvalue weighted by atomic mass is 10.0. The van der Waals surface area contributed by atoms with Crippen molar-refractivity contribution in [3.63, 3.8) is 0 Å². The first kappa shape index (κ1) is 8.98. The predicted octanol–water partition coefficient (Wildman–Crippen LogP) is 3.25. The standard InChI is InChI=1S/C12H18O/c13-12-7-3-6-11(12)9-8-10-4-1-2-5-10/h9-10H,1-8H2/b11-9+. The van der Waals surface area contributed by atoms with Gasteiger partial charge < -0.3 is 0 Å². The van der Waals surface area contributed by atoms with Gasteiger partial charge in [-0.3, -0.25) is 4.79 Å². The number of Topliss-reactive ketones (excluding diaryl/α,β-unsaturated/α-hetero) is 1. The molecule has 2 aliphatic carbocycles. The molecule has 0 heterocycles. The molecule has 0 aromatic carbocycles. The van der Waals surface area contributed by atoms with E-state index in [0.717, 1.165) is 30.8 Å². The number of hydrogen-bond acceptors (Lipinski definition) is 1. The second-order valence-corrected chi connectivity index (χ2v) is 4.39. The summed E-state index contributed by atoms with van der Waals surface area (Å²) in [6, 6.07) is 0. The van der Waals surface area contributed by atoms with E-state index in [0.29, 0.717) is 5.78 Å². The summed E-state index contributed by atoms with van der Waals surface area (Å²) in [5.41, 5.74) is 1.13. The van der Waals surface area contributed by atoms with Crippen LogP contribution in [-0.2, 0) is 4.79 Å². The molecule has 0 atom stereocenters. The number of hydrogen-bond donors (Lipinski definition) is 0. The summed E-state index contributed by atoms with van der Waals surface area (Å²) in [5, 5.41) is 0. The van der Waals surface area contributed by atoms with Crippen molar-refractivity contribution >= 4 is 5.78 Å². The summed E-state index contributed by atoms with van der Waals surface area (Å²) >= 11 is 0. The van der Waals surface area contributed by atoms with Gasteiger partial charge in [0.25, 0.3) is 0 Å². The third-order valence-electron chi connectivity index (χ3n) is 3.38. The fourth-order valence-electron chi connectivity index (χ4n) is 2.51. The van der Waals surface area contributed by atoms with Gasteiger partial charge in [-0.05, 0) is 30.8 Å². The average Bonchev–Trinajstić information content (AvgIpc) is 2.72. The van der Waals surface area contributed by atoms with Crippen LogP contribution < -0.4 is 0 Å². The molecule has 0 aliphatic heterocycles. The Hall–Kier alpha value is -0.590. The lowest BCUT2D eigenvalue weighted by Gasteiger charge is -2.04. The fraction of sp³-hybridized carbons (Fsp3) is 0.750. The van der Waals surface area contributed by atoms with Gasteiger partial charge in [-0.1, -0.05) is 31.8 Å². The van der Waals surface area contributed by atoms with Crippen molar-refractivity contribution in [2.75, 3.05) is 0 Å². The van der Waals surface area contributed by atoms with Crippen LogP contribution in [0.25, 0.3) is 0 Å². The van der Waals surface area contributed by atoms with Gasteiger partial charge >= 0.3 is 0 Å². The highest BCUT2D eigenvalue weighted by atomic mass is 16.1. The highest BCUT2D eigenvalue weighted by Crippen LogP contribution is 2.29. The number of allylic oxidation sites excluding steroid dienone is 2. The molecule has 1 heteroatoms. The number of carbonyl (C=O) groups excluding carboxylic acids is 1. The van der Waals surface area contributed by atoms with Gasteiger partial charge in [0.2, 0.25) is 0 Å². The molecule has 1 nitrogen and oxygen atoms in total. The van der Waals surface area contributed by atoms with E-state index in [1.165, 1.54) is 32.1 Å². The topological polar surface area (TPSA) is 17.1 Å². The van der Waals surface area contributed by atoms with E-state index in [9.17, 15) is 4.79 Å². The number of carbonyl (C=O) groups is 1. The normalized spacial score (nSPS) is 27.7. The second-order valence-electron chi connectivity index (χ2n) is 4.39. The third-order valence-corrected chi connectivity index (χ3v) is 3.38. The molecule has 2 aliphatic rings. The van der Waals surface area contributed by atoms with Gasteiger partial charge in [0.05, 0.1) is 0 Å². The molecule has 0 amide bonds. The monoisotopic (exact) mass is 178 g/mol. The first-order chi connectivity index (χ1) is 6.36.